The SMILES string of the molecule is Cc1cccc(Oc2ccc(CNC(=O)C3(NC(=O)c4cncnc4)CC3)cc2)c1. The number of hydrogen-bond acceptors (Lipinski definition) is 5. The van der Waals surface area contributed by atoms with Gasteiger partial charge in [-0.15, -0.1) is 0 Å². The molecular weight excluding hydrogens is 380 g/mol. The van der Waals surface area contributed by atoms with Gasteiger partial charge in [0.15, 0.2) is 0 Å². The summed E-state index contributed by atoms with van der Waals surface area (Å²) >= 11 is 0. The van der Waals surface area contributed by atoms with E-state index < -0.39 is 5.54 Å². The Labute approximate surface area is 174 Å². The highest BCUT2D eigenvalue weighted by molar-refractivity contribution is 6.00. The van der Waals surface area contributed by atoms with Gasteiger partial charge in [0.1, 0.15) is 23.4 Å². The van der Waals surface area contributed by atoms with Crippen molar-refractivity contribution in [2.75, 3.05) is 0 Å². The molecule has 0 aliphatic heterocycles. The van der Waals surface area contributed by atoms with E-state index in [2.05, 4.69) is 20.6 Å². The topological polar surface area (TPSA) is 93.2 Å². The molecule has 1 aliphatic rings. The van der Waals surface area contributed by atoms with Crippen molar-refractivity contribution < 1.29 is 14.3 Å². The number of amides is 2. The van der Waals surface area contributed by atoms with E-state index in [1.807, 2.05) is 55.5 Å². The van der Waals surface area contributed by atoms with Crippen LogP contribution in [0.3, 0.4) is 0 Å². The minimum absolute atomic E-state index is 0.187. The standard InChI is InChI=1S/C23H22N4O3/c1-16-3-2-4-20(11-16)30-19-7-5-17(6-8-19)12-26-22(29)23(9-10-23)27-21(28)18-13-24-15-25-14-18/h2-8,11,13-15H,9-10,12H2,1H3,(H,26,29)(H,27,28). The lowest BCUT2D eigenvalue weighted by atomic mass is 10.2. The highest BCUT2D eigenvalue weighted by atomic mass is 16.5. The van der Waals surface area contributed by atoms with Crippen LogP contribution in [0.15, 0.2) is 67.3 Å². The average molecular weight is 402 g/mol. The monoisotopic (exact) mass is 402 g/mol. The minimum atomic E-state index is -0.846. The molecule has 152 valence electrons. The molecule has 2 N–H and O–H groups in total. The largest absolute Gasteiger partial charge is 0.457 e. The third-order valence-electron chi connectivity index (χ3n) is 4.96. The van der Waals surface area contributed by atoms with Crippen LogP contribution in [-0.2, 0) is 11.3 Å². The second-order valence-corrected chi connectivity index (χ2v) is 7.41. The van der Waals surface area contributed by atoms with E-state index >= 15 is 0 Å². The van der Waals surface area contributed by atoms with Crippen molar-refractivity contribution in [2.24, 2.45) is 0 Å². The first kappa shape index (κ1) is 19.6. The molecular formula is C23H22N4O3. The summed E-state index contributed by atoms with van der Waals surface area (Å²) in [5.41, 5.74) is 1.56. The van der Waals surface area contributed by atoms with Crippen molar-refractivity contribution in [3.63, 3.8) is 0 Å². The highest BCUT2D eigenvalue weighted by Crippen LogP contribution is 2.36. The van der Waals surface area contributed by atoms with Gasteiger partial charge in [-0.2, -0.15) is 0 Å². The number of carbonyl (C=O) groups is 2. The van der Waals surface area contributed by atoms with Gasteiger partial charge in [-0.3, -0.25) is 9.59 Å². The van der Waals surface area contributed by atoms with Crippen molar-refractivity contribution in [1.82, 2.24) is 20.6 Å². The summed E-state index contributed by atoms with van der Waals surface area (Å²) in [6, 6.07) is 15.4. The maximum atomic E-state index is 12.6. The first-order chi connectivity index (χ1) is 14.5. The van der Waals surface area contributed by atoms with Gasteiger partial charge >= 0.3 is 0 Å². The van der Waals surface area contributed by atoms with Gasteiger partial charge < -0.3 is 15.4 Å². The lowest BCUT2D eigenvalue weighted by Gasteiger charge is -2.17. The van der Waals surface area contributed by atoms with Crippen LogP contribution in [0.2, 0.25) is 0 Å². The van der Waals surface area contributed by atoms with Crippen LogP contribution < -0.4 is 15.4 Å². The molecule has 1 heterocycles. The molecule has 0 unspecified atom stereocenters. The Morgan fingerprint density at radius 3 is 2.43 bits per heavy atom. The van der Waals surface area contributed by atoms with Gasteiger partial charge in [-0.1, -0.05) is 24.3 Å². The summed E-state index contributed by atoms with van der Waals surface area (Å²) in [5.74, 6) is 0.978. The zero-order valence-corrected chi connectivity index (χ0v) is 16.6. The van der Waals surface area contributed by atoms with E-state index in [0.717, 1.165) is 22.6 Å². The Kier molecular flexibility index (Phi) is 5.43. The van der Waals surface area contributed by atoms with Crippen LogP contribution in [0.5, 0.6) is 11.5 Å². The van der Waals surface area contributed by atoms with Crippen LogP contribution in [0.1, 0.15) is 34.3 Å². The van der Waals surface area contributed by atoms with Gasteiger partial charge in [-0.25, -0.2) is 9.97 Å². The molecule has 0 saturated heterocycles. The molecule has 7 heteroatoms. The molecule has 2 amide bonds. The van der Waals surface area contributed by atoms with Crippen molar-refractivity contribution in [3.05, 3.63) is 83.9 Å². The average Bonchev–Trinajstić information content (AvgIpc) is 3.54. The molecule has 3 aromatic rings. The maximum Gasteiger partial charge on any atom is 0.255 e. The summed E-state index contributed by atoms with van der Waals surface area (Å²) in [6.07, 6.45) is 5.43. The zero-order valence-electron chi connectivity index (χ0n) is 16.6. The molecule has 1 fully saturated rings. The normalized spacial score (nSPS) is 13.9. The van der Waals surface area contributed by atoms with Crippen LogP contribution in [-0.4, -0.2) is 27.3 Å². The molecule has 1 aliphatic carbocycles. The van der Waals surface area contributed by atoms with Gasteiger partial charge in [-0.05, 0) is 55.2 Å². The van der Waals surface area contributed by atoms with E-state index in [0.29, 0.717) is 24.9 Å². The summed E-state index contributed by atoms with van der Waals surface area (Å²) in [7, 11) is 0. The number of ether oxygens (including phenoxy) is 1. The molecule has 1 saturated carbocycles. The Bertz CT molecular complexity index is 1050. The maximum absolute atomic E-state index is 12.6. The molecule has 0 atom stereocenters. The Morgan fingerprint density at radius 2 is 1.77 bits per heavy atom. The third kappa shape index (κ3) is 4.63. The van der Waals surface area contributed by atoms with E-state index in [9.17, 15) is 9.59 Å². The molecule has 30 heavy (non-hydrogen) atoms. The molecule has 0 radical (unpaired) electrons. The number of benzene rings is 2. The van der Waals surface area contributed by atoms with Crippen LogP contribution in [0.25, 0.3) is 0 Å². The van der Waals surface area contributed by atoms with Crippen LogP contribution in [0, 0.1) is 6.92 Å². The number of hydrogen-bond donors (Lipinski definition) is 2. The van der Waals surface area contributed by atoms with Crippen molar-refractivity contribution >= 4 is 11.8 Å². The Hall–Kier alpha value is -3.74. The van der Waals surface area contributed by atoms with Gasteiger partial charge in [0, 0.05) is 18.9 Å². The van der Waals surface area contributed by atoms with Gasteiger partial charge in [0.05, 0.1) is 5.56 Å². The van der Waals surface area contributed by atoms with Gasteiger partial charge in [0.25, 0.3) is 5.91 Å². The lowest BCUT2D eigenvalue weighted by molar-refractivity contribution is -0.124. The fraction of sp³-hybridized carbons (Fsp3) is 0.217. The first-order valence-corrected chi connectivity index (χ1v) is 9.73. The molecule has 1 aromatic heterocycles. The van der Waals surface area contributed by atoms with Crippen LogP contribution in [0.4, 0.5) is 0 Å². The van der Waals surface area contributed by atoms with E-state index in [-0.39, 0.29) is 11.8 Å². The quantitative estimate of drug-likeness (QED) is 0.633. The molecule has 0 spiro atoms. The fourth-order valence-corrected chi connectivity index (χ4v) is 3.08. The summed E-state index contributed by atoms with van der Waals surface area (Å²) in [4.78, 5) is 32.6. The van der Waals surface area contributed by atoms with E-state index in [1.54, 1.807) is 0 Å². The smallest absolute Gasteiger partial charge is 0.255 e. The number of aromatic nitrogens is 2. The molecule has 4 rings (SSSR count). The summed E-state index contributed by atoms with van der Waals surface area (Å²) in [6.45, 7) is 2.39. The second-order valence-electron chi connectivity index (χ2n) is 7.41. The van der Waals surface area contributed by atoms with Crippen molar-refractivity contribution in [2.45, 2.75) is 31.8 Å². The molecule has 7 nitrogen and oxygen atoms in total. The molecule has 2 aromatic carbocycles. The lowest BCUT2D eigenvalue weighted by Crippen LogP contribution is -2.48. The van der Waals surface area contributed by atoms with Crippen LogP contribution >= 0.6 is 0 Å². The number of nitrogens with zero attached hydrogens (tertiary/aromatic N) is 2. The molecule has 0 bridgehead atoms. The number of rotatable bonds is 7. The fourth-order valence-electron chi connectivity index (χ4n) is 3.08. The Morgan fingerprint density at radius 1 is 1.03 bits per heavy atom. The second kappa shape index (κ2) is 8.32. The first-order valence-electron chi connectivity index (χ1n) is 9.73. The minimum Gasteiger partial charge on any atom is -0.457 e. The third-order valence-corrected chi connectivity index (χ3v) is 4.96. The number of carbonyl (C=O) groups excluding carboxylic acids is 2. The zero-order chi connectivity index (χ0) is 21.0. The van der Waals surface area contributed by atoms with Gasteiger partial charge in [0.2, 0.25) is 5.91 Å². The highest BCUT2D eigenvalue weighted by Gasteiger charge is 2.51. The van der Waals surface area contributed by atoms with E-state index in [1.165, 1.54) is 18.7 Å². The van der Waals surface area contributed by atoms with E-state index in [4.69, 9.17) is 4.74 Å². The summed E-state index contributed by atoms with van der Waals surface area (Å²) in [5, 5.41) is 5.72. The number of aryl methyl sites for hydroxylation is 1. The van der Waals surface area contributed by atoms with Crippen molar-refractivity contribution in [3.8, 4) is 11.5 Å². The number of nitrogens with one attached hydrogen (secondary N) is 2. The predicted octanol–water partition coefficient (Wildman–Crippen LogP) is 3.16. The van der Waals surface area contributed by atoms with Crippen molar-refractivity contribution in [1.29, 1.82) is 0 Å². The Balaban J connectivity index is 1.31. The predicted molar refractivity (Wildman–Crippen MR) is 111 cm³/mol. The summed E-state index contributed by atoms with van der Waals surface area (Å²) < 4.78 is 5.84.